The lowest BCUT2D eigenvalue weighted by Gasteiger charge is -2.35. The van der Waals surface area contributed by atoms with E-state index in [9.17, 15) is 0 Å². The molecule has 120 valence electrons. The van der Waals surface area contributed by atoms with E-state index < -0.39 is 0 Å². The Bertz CT molecular complexity index is 812. The van der Waals surface area contributed by atoms with Crippen molar-refractivity contribution in [2.24, 2.45) is 7.05 Å². The summed E-state index contributed by atoms with van der Waals surface area (Å²) in [6.45, 7) is 6.87. The van der Waals surface area contributed by atoms with Gasteiger partial charge in [0.25, 0.3) is 0 Å². The van der Waals surface area contributed by atoms with Gasteiger partial charge in [0, 0.05) is 51.5 Å². The average Bonchev–Trinajstić information content (AvgIpc) is 3.14. The Hall–Kier alpha value is -2.48. The second-order valence-electron chi connectivity index (χ2n) is 5.99. The van der Waals surface area contributed by atoms with Crippen LogP contribution in [0.25, 0.3) is 5.65 Å². The van der Waals surface area contributed by atoms with Crippen molar-refractivity contribution >= 4 is 11.5 Å². The monoisotopic (exact) mass is 312 g/mol. The predicted molar refractivity (Wildman–Crippen MR) is 86.2 cm³/mol. The maximum absolute atomic E-state index is 4.66. The summed E-state index contributed by atoms with van der Waals surface area (Å²) in [5, 5.41) is 17.0. The largest absolute Gasteiger partial charge is 0.353 e. The minimum atomic E-state index is 0.793. The zero-order valence-electron chi connectivity index (χ0n) is 13.4. The van der Waals surface area contributed by atoms with Gasteiger partial charge in [-0.25, -0.2) is 0 Å². The summed E-state index contributed by atoms with van der Waals surface area (Å²) < 4.78 is 3.66. The maximum atomic E-state index is 4.66. The van der Waals surface area contributed by atoms with Crippen LogP contribution in [0.3, 0.4) is 0 Å². The lowest BCUT2D eigenvalue weighted by molar-refractivity contribution is 0.249. The van der Waals surface area contributed by atoms with Crippen LogP contribution in [-0.4, -0.2) is 60.7 Å². The van der Waals surface area contributed by atoms with Gasteiger partial charge in [0.2, 0.25) is 0 Å². The summed E-state index contributed by atoms with van der Waals surface area (Å²) in [6, 6.07) is 4.00. The smallest absolute Gasteiger partial charge is 0.178 e. The zero-order chi connectivity index (χ0) is 15.8. The Morgan fingerprint density at radius 1 is 1.09 bits per heavy atom. The summed E-state index contributed by atoms with van der Waals surface area (Å²) >= 11 is 0. The highest BCUT2D eigenvalue weighted by molar-refractivity contribution is 5.46. The van der Waals surface area contributed by atoms with Crippen molar-refractivity contribution in [2.75, 3.05) is 31.1 Å². The van der Waals surface area contributed by atoms with E-state index in [-0.39, 0.29) is 0 Å². The van der Waals surface area contributed by atoms with Crippen molar-refractivity contribution in [3.8, 4) is 0 Å². The van der Waals surface area contributed by atoms with Gasteiger partial charge in [0.15, 0.2) is 11.5 Å². The van der Waals surface area contributed by atoms with Crippen LogP contribution in [0.4, 0.5) is 5.82 Å². The Morgan fingerprint density at radius 3 is 2.65 bits per heavy atom. The number of piperazine rings is 1. The molecule has 1 fully saturated rings. The number of fused-ring (bicyclic) bond motifs is 1. The fourth-order valence-corrected chi connectivity index (χ4v) is 3.00. The first-order valence-electron chi connectivity index (χ1n) is 7.83. The van der Waals surface area contributed by atoms with Crippen LogP contribution >= 0.6 is 0 Å². The highest BCUT2D eigenvalue weighted by atomic mass is 15.4. The molecule has 4 rings (SSSR count). The molecule has 23 heavy (non-hydrogen) atoms. The molecule has 1 saturated heterocycles. The van der Waals surface area contributed by atoms with E-state index in [1.165, 1.54) is 5.56 Å². The summed E-state index contributed by atoms with van der Waals surface area (Å²) in [4.78, 5) is 4.77. The van der Waals surface area contributed by atoms with E-state index in [4.69, 9.17) is 0 Å². The van der Waals surface area contributed by atoms with Gasteiger partial charge in [0.1, 0.15) is 5.82 Å². The number of aryl methyl sites for hydroxylation is 2. The number of nitrogens with zero attached hydrogens (tertiary/aromatic N) is 8. The molecule has 0 atom stereocenters. The summed E-state index contributed by atoms with van der Waals surface area (Å²) in [6.07, 6.45) is 4.02. The summed E-state index contributed by atoms with van der Waals surface area (Å²) in [5.74, 6) is 1.80. The molecule has 4 heterocycles. The van der Waals surface area contributed by atoms with E-state index in [2.05, 4.69) is 36.4 Å². The van der Waals surface area contributed by atoms with Crippen LogP contribution < -0.4 is 4.90 Å². The number of anilines is 1. The Balaban J connectivity index is 1.42. The van der Waals surface area contributed by atoms with Crippen LogP contribution in [0.15, 0.2) is 24.5 Å². The first kappa shape index (κ1) is 14.1. The maximum Gasteiger partial charge on any atom is 0.178 e. The first-order chi connectivity index (χ1) is 11.2. The molecule has 1 aliphatic heterocycles. The van der Waals surface area contributed by atoms with Gasteiger partial charge in [-0.3, -0.25) is 9.58 Å². The van der Waals surface area contributed by atoms with E-state index >= 15 is 0 Å². The predicted octanol–water partition coefficient (Wildman–Crippen LogP) is 0.488. The van der Waals surface area contributed by atoms with E-state index in [1.54, 1.807) is 4.52 Å². The molecular weight excluding hydrogens is 292 g/mol. The molecule has 0 spiro atoms. The van der Waals surface area contributed by atoms with Crippen molar-refractivity contribution in [3.63, 3.8) is 0 Å². The highest BCUT2D eigenvalue weighted by Gasteiger charge is 2.19. The van der Waals surface area contributed by atoms with Gasteiger partial charge in [-0.2, -0.15) is 9.61 Å². The van der Waals surface area contributed by atoms with Gasteiger partial charge >= 0.3 is 0 Å². The molecule has 0 amide bonds. The normalized spacial score (nSPS) is 16.3. The number of hydrogen-bond acceptors (Lipinski definition) is 6. The summed E-state index contributed by atoms with van der Waals surface area (Å²) in [5.41, 5.74) is 2.06. The molecule has 1 aliphatic rings. The standard InChI is InChI=1S/C15H20N8/c1-12-17-18-14-3-4-15(19-23(12)14)22-7-5-21(6-8-22)11-13-9-16-20(2)10-13/h3-4,9-10H,5-8,11H2,1-2H3. The topological polar surface area (TPSA) is 67.4 Å². The Morgan fingerprint density at radius 2 is 1.91 bits per heavy atom. The molecule has 8 heteroatoms. The van der Waals surface area contributed by atoms with Gasteiger partial charge in [0.05, 0.1) is 6.20 Å². The van der Waals surface area contributed by atoms with Crippen molar-refractivity contribution in [1.82, 2.24) is 34.5 Å². The van der Waals surface area contributed by atoms with E-state index in [0.717, 1.165) is 50.0 Å². The van der Waals surface area contributed by atoms with Gasteiger partial charge in [-0.1, -0.05) is 0 Å². The average molecular weight is 312 g/mol. The lowest BCUT2D eigenvalue weighted by atomic mass is 10.2. The van der Waals surface area contributed by atoms with Crippen LogP contribution in [0.5, 0.6) is 0 Å². The SMILES string of the molecule is Cc1nnc2ccc(N3CCN(Cc4cnn(C)c4)CC3)nn12. The third-order valence-electron chi connectivity index (χ3n) is 4.27. The molecule has 8 nitrogen and oxygen atoms in total. The minimum absolute atomic E-state index is 0.793. The van der Waals surface area contributed by atoms with Crippen molar-refractivity contribution in [3.05, 3.63) is 35.9 Å². The van der Waals surface area contributed by atoms with Crippen LogP contribution in [0.1, 0.15) is 11.4 Å². The van der Waals surface area contributed by atoms with Crippen molar-refractivity contribution < 1.29 is 0 Å². The van der Waals surface area contributed by atoms with Crippen LogP contribution in [-0.2, 0) is 13.6 Å². The summed E-state index contributed by atoms with van der Waals surface area (Å²) in [7, 11) is 1.95. The third kappa shape index (κ3) is 2.77. The van der Waals surface area contributed by atoms with Crippen LogP contribution in [0.2, 0.25) is 0 Å². The van der Waals surface area contributed by atoms with E-state index in [0.29, 0.717) is 0 Å². The molecule has 0 aromatic carbocycles. The molecule has 3 aromatic rings. The second kappa shape index (κ2) is 5.62. The molecule has 3 aromatic heterocycles. The minimum Gasteiger partial charge on any atom is -0.353 e. The fourth-order valence-electron chi connectivity index (χ4n) is 3.00. The molecule has 0 saturated carbocycles. The van der Waals surface area contributed by atoms with Gasteiger partial charge < -0.3 is 4.90 Å². The first-order valence-corrected chi connectivity index (χ1v) is 7.83. The second-order valence-corrected chi connectivity index (χ2v) is 5.99. The molecule has 0 radical (unpaired) electrons. The van der Waals surface area contributed by atoms with E-state index in [1.807, 2.05) is 37.0 Å². The molecular formula is C15H20N8. The Kier molecular flexibility index (Phi) is 3.45. The van der Waals surface area contributed by atoms with Crippen molar-refractivity contribution in [1.29, 1.82) is 0 Å². The number of aromatic nitrogens is 6. The molecule has 0 unspecified atom stereocenters. The number of rotatable bonds is 3. The quantitative estimate of drug-likeness (QED) is 0.701. The third-order valence-corrected chi connectivity index (χ3v) is 4.27. The van der Waals surface area contributed by atoms with Gasteiger partial charge in [-0.15, -0.1) is 15.3 Å². The number of hydrogen-bond donors (Lipinski definition) is 0. The molecule has 0 N–H and O–H groups in total. The van der Waals surface area contributed by atoms with Crippen molar-refractivity contribution in [2.45, 2.75) is 13.5 Å². The lowest BCUT2D eigenvalue weighted by Crippen LogP contribution is -2.46. The van der Waals surface area contributed by atoms with Gasteiger partial charge in [-0.05, 0) is 19.1 Å². The van der Waals surface area contributed by atoms with Crippen LogP contribution in [0, 0.1) is 6.92 Å². The molecule has 0 aliphatic carbocycles. The zero-order valence-corrected chi connectivity index (χ0v) is 13.4. The fraction of sp³-hybridized carbons (Fsp3) is 0.467. The molecule has 0 bridgehead atoms. The highest BCUT2D eigenvalue weighted by Crippen LogP contribution is 2.15. The Labute approximate surface area is 134 Å².